The van der Waals surface area contributed by atoms with Crippen LogP contribution in [-0.4, -0.2) is 0 Å². The van der Waals surface area contributed by atoms with E-state index in [4.69, 9.17) is 0 Å². The molecule has 29 heavy (non-hydrogen) atoms. The predicted molar refractivity (Wildman–Crippen MR) is 130 cm³/mol. The molecule has 1 aliphatic rings. The Morgan fingerprint density at radius 3 is 1.90 bits per heavy atom. The van der Waals surface area contributed by atoms with E-state index in [2.05, 4.69) is 110 Å². The van der Waals surface area contributed by atoms with Crippen LogP contribution >= 0.6 is 15.9 Å². The summed E-state index contributed by atoms with van der Waals surface area (Å²) in [6.45, 7) is 6.96. The van der Waals surface area contributed by atoms with E-state index >= 15 is 0 Å². The lowest BCUT2D eigenvalue weighted by atomic mass is 9.81. The molecular weight excluding hydrogens is 416 g/mol. The largest absolute Gasteiger partial charge is 0.0622 e. The molecular formula is C28H29Br. The topological polar surface area (TPSA) is 0 Å². The Kier molecular flexibility index (Phi) is 5.79. The third-order valence-electron chi connectivity index (χ3n) is 5.90. The Morgan fingerprint density at radius 2 is 1.34 bits per heavy atom. The number of fused-ring (bicyclic) bond motifs is 4. The lowest BCUT2D eigenvalue weighted by Crippen LogP contribution is -2.14. The molecule has 0 atom stereocenters. The van der Waals surface area contributed by atoms with E-state index in [1.54, 1.807) is 0 Å². The predicted octanol–water partition coefficient (Wildman–Crippen LogP) is 7.76. The van der Waals surface area contributed by atoms with Crippen LogP contribution in [0.2, 0.25) is 0 Å². The van der Waals surface area contributed by atoms with Crippen LogP contribution in [0.3, 0.4) is 0 Å². The molecule has 0 fully saturated rings. The van der Waals surface area contributed by atoms with Crippen molar-refractivity contribution in [3.63, 3.8) is 0 Å². The molecule has 0 amide bonds. The summed E-state index contributed by atoms with van der Waals surface area (Å²) in [5.41, 5.74) is 10.1. The van der Waals surface area contributed by atoms with Crippen molar-refractivity contribution in [1.82, 2.24) is 0 Å². The lowest BCUT2D eigenvalue weighted by molar-refractivity contribution is 0.588. The van der Waals surface area contributed by atoms with Gasteiger partial charge in [-0.05, 0) is 76.1 Å². The minimum Gasteiger partial charge on any atom is -0.0622 e. The van der Waals surface area contributed by atoms with Gasteiger partial charge in [-0.25, -0.2) is 0 Å². The van der Waals surface area contributed by atoms with Crippen LogP contribution < -0.4 is 0 Å². The summed E-state index contributed by atoms with van der Waals surface area (Å²) in [7, 11) is 0. The third-order valence-corrected chi connectivity index (χ3v) is 6.58. The number of hydrogen-bond donors (Lipinski definition) is 0. The maximum atomic E-state index is 3.86. The first-order valence-electron chi connectivity index (χ1n) is 10.6. The summed E-state index contributed by atoms with van der Waals surface area (Å²) in [5.74, 6) is 0. The molecule has 148 valence electrons. The van der Waals surface area contributed by atoms with Crippen molar-refractivity contribution in [2.75, 3.05) is 0 Å². The van der Waals surface area contributed by atoms with Crippen molar-refractivity contribution in [3.05, 3.63) is 106 Å². The molecule has 0 aromatic heterocycles. The van der Waals surface area contributed by atoms with Gasteiger partial charge >= 0.3 is 0 Å². The molecule has 0 heterocycles. The van der Waals surface area contributed by atoms with Crippen molar-refractivity contribution in [1.29, 1.82) is 0 Å². The van der Waals surface area contributed by atoms with Gasteiger partial charge in [0, 0.05) is 4.48 Å². The van der Waals surface area contributed by atoms with E-state index in [9.17, 15) is 0 Å². The summed E-state index contributed by atoms with van der Waals surface area (Å²) in [4.78, 5) is 0. The van der Waals surface area contributed by atoms with Crippen LogP contribution in [0, 0.1) is 0 Å². The molecule has 0 N–H and O–H groups in total. The maximum Gasteiger partial charge on any atom is 0.0253 e. The van der Waals surface area contributed by atoms with E-state index in [0.29, 0.717) is 0 Å². The van der Waals surface area contributed by atoms with E-state index in [0.717, 1.165) is 30.2 Å². The second-order valence-corrected chi connectivity index (χ2v) is 9.99. The Hall–Kier alpha value is -2.12. The molecule has 3 aromatic carbocycles. The average Bonchev–Trinajstić information content (AvgIpc) is 2.71. The highest BCUT2D eigenvalue weighted by molar-refractivity contribution is 9.15. The average molecular weight is 445 g/mol. The van der Waals surface area contributed by atoms with E-state index in [1.807, 2.05) is 0 Å². The SMILES string of the molecule is CC(C)(C)c1cc2c(C=C(Br)c3ccccc3)c(c1)CCc1cccc(c1)CC2. The van der Waals surface area contributed by atoms with Gasteiger partial charge in [-0.3, -0.25) is 0 Å². The Morgan fingerprint density at radius 1 is 0.759 bits per heavy atom. The van der Waals surface area contributed by atoms with E-state index in [-0.39, 0.29) is 5.41 Å². The van der Waals surface area contributed by atoms with E-state index in [1.165, 1.54) is 38.9 Å². The van der Waals surface area contributed by atoms with Gasteiger partial charge in [0.1, 0.15) is 0 Å². The molecule has 1 heteroatoms. The van der Waals surface area contributed by atoms with Crippen molar-refractivity contribution < 1.29 is 0 Å². The minimum absolute atomic E-state index is 0.154. The second-order valence-electron chi connectivity index (χ2n) is 9.14. The fourth-order valence-electron chi connectivity index (χ4n) is 4.12. The molecule has 0 saturated carbocycles. The first-order chi connectivity index (χ1) is 13.9. The summed E-state index contributed by atoms with van der Waals surface area (Å²) in [6, 6.07) is 24.6. The molecule has 0 nitrogen and oxygen atoms in total. The van der Waals surface area contributed by atoms with Gasteiger partial charge in [0.15, 0.2) is 0 Å². The van der Waals surface area contributed by atoms with Crippen LogP contribution in [0.4, 0.5) is 0 Å². The van der Waals surface area contributed by atoms with Gasteiger partial charge in [0.05, 0.1) is 0 Å². The third kappa shape index (κ3) is 4.73. The Balaban J connectivity index is 1.85. The van der Waals surface area contributed by atoms with Gasteiger partial charge in [0.2, 0.25) is 0 Å². The quantitative estimate of drug-likeness (QED) is 0.354. The van der Waals surface area contributed by atoms with Crippen molar-refractivity contribution in [2.24, 2.45) is 0 Å². The maximum absolute atomic E-state index is 3.86. The normalized spacial score (nSPS) is 14.6. The van der Waals surface area contributed by atoms with Crippen molar-refractivity contribution in [2.45, 2.75) is 51.9 Å². The van der Waals surface area contributed by atoms with Crippen LogP contribution in [0.25, 0.3) is 10.6 Å². The van der Waals surface area contributed by atoms with Crippen LogP contribution in [0.1, 0.15) is 59.7 Å². The van der Waals surface area contributed by atoms with Gasteiger partial charge in [-0.15, -0.1) is 0 Å². The molecule has 3 aromatic rings. The van der Waals surface area contributed by atoms with Gasteiger partial charge in [-0.2, -0.15) is 0 Å². The Labute approximate surface area is 183 Å². The summed E-state index contributed by atoms with van der Waals surface area (Å²) in [6.07, 6.45) is 6.67. The molecule has 0 spiro atoms. The molecule has 1 aliphatic carbocycles. The number of benzene rings is 3. The first kappa shape index (κ1) is 20.2. The number of hydrogen-bond acceptors (Lipinski definition) is 0. The smallest absolute Gasteiger partial charge is 0.0253 e. The molecule has 4 rings (SSSR count). The van der Waals surface area contributed by atoms with Crippen molar-refractivity contribution >= 4 is 26.5 Å². The summed E-state index contributed by atoms with van der Waals surface area (Å²) >= 11 is 3.86. The second kappa shape index (κ2) is 8.32. The molecule has 0 saturated heterocycles. The van der Waals surface area contributed by atoms with Crippen LogP contribution in [0.15, 0.2) is 66.7 Å². The summed E-state index contributed by atoms with van der Waals surface area (Å²) < 4.78 is 1.15. The Bertz CT molecular complexity index is 991. The molecule has 4 bridgehead atoms. The molecule has 0 aliphatic heterocycles. The summed E-state index contributed by atoms with van der Waals surface area (Å²) in [5, 5.41) is 0. The van der Waals surface area contributed by atoms with Crippen molar-refractivity contribution in [3.8, 4) is 0 Å². The number of halogens is 1. The number of rotatable bonds is 2. The van der Waals surface area contributed by atoms with Crippen LogP contribution in [0.5, 0.6) is 0 Å². The molecule has 0 unspecified atom stereocenters. The highest BCUT2D eigenvalue weighted by Gasteiger charge is 2.19. The monoisotopic (exact) mass is 444 g/mol. The first-order valence-corrected chi connectivity index (χ1v) is 11.4. The van der Waals surface area contributed by atoms with Gasteiger partial charge in [-0.1, -0.05) is 103 Å². The van der Waals surface area contributed by atoms with Gasteiger partial charge < -0.3 is 0 Å². The highest BCUT2D eigenvalue weighted by atomic mass is 79.9. The fourth-order valence-corrected chi connectivity index (χ4v) is 4.61. The zero-order valence-electron chi connectivity index (χ0n) is 17.6. The standard InChI is InChI=1S/C28H29Br/c1-28(2,3)25-17-23-14-12-20-8-7-9-21(16-20)13-15-24(18-25)26(23)19-27(29)22-10-5-4-6-11-22/h4-11,16-19H,12-15H2,1-3H3. The van der Waals surface area contributed by atoms with Crippen LogP contribution in [-0.2, 0) is 31.1 Å². The molecule has 0 radical (unpaired) electrons. The van der Waals surface area contributed by atoms with E-state index < -0.39 is 0 Å². The fraction of sp³-hybridized carbons (Fsp3) is 0.286. The zero-order chi connectivity index (χ0) is 20.4. The highest BCUT2D eigenvalue weighted by Crippen LogP contribution is 2.33. The van der Waals surface area contributed by atoms with Gasteiger partial charge in [0.25, 0.3) is 0 Å². The minimum atomic E-state index is 0.154. The zero-order valence-corrected chi connectivity index (χ0v) is 19.2. The lowest BCUT2D eigenvalue weighted by Gasteiger charge is -2.24. The number of aryl methyl sites for hydroxylation is 4.